The summed E-state index contributed by atoms with van der Waals surface area (Å²) in [5, 5.41) is 24.7. The van der Waals surface area contributed by atoms with Crippen LogP contribution < -0.4 is 0 Å². The summed E-state index contributed by atoms with van der Waals surface area (Å²) in [6, 6.07) is 185. The second-order valence-electron chi connectivity index (χ2n) is 38.5. The fraction of sp³-hybridized carbons (Fsp3) is 0. The van der Waals surface area contributed by atoms with Crippen molar-refractivity contribution >= 4 is 196 Å². The van der Waals surface area contributed by atoms with Crippen LogP contribution in [0.3, 0.4) is 0 Å². The molecule has 0 amide bonds. The summed E-state index contributed by atoms with van der Waals surface area (Å²) in [6.45, 7) is 0. The van der Waals surface area contributed by atoms with E-state index in [0.29, 0.717) is 17.8 Å². The van der Waals surface area contributed by atoms with Crippen LogP contribution in [0, 0.1) is 0 Å². The zero-order valence-corrected chi connectivity index (χ0v) is 81.0. The molecule has 9 aromatic heterocycles. The van der Waals surface area contributed by atoms with Crippen LogP contribution in [-0.2, 0) is 0 Å². The Balaban J connectivity index is 0.000000104. The highest BCUT2D eigenvalue weighted by Gasteiger charge is 2.32. The van der Waals surface area contributed by atoms with Crippen LogP contribution >= 0.6 is 0 Å². The standard InChI is InChI=1S/2C48H30N4.C42H26N4/c1-3-16-31(17-4-1)32-18-15-19-33(30-32)45-37-24-9-12-27-40(37)49-48(50-45)52-42-29-14-11-26-39(42)44-43-38-25-10-13-28-41(38)51(34-20-5-2-6-21-34)46(43)35-22-7-8-23-36(35)47(44)52;1-3-15-31(16-4-1)32-27-29-33(30-28-32)45-37-21-9-12-24-40(37)49-48(50-45)52-42-26-14-11-23-39(42)44-43-38-22-10-13-25-41(38)51(34-17-5-2-6-18-34)46(43)35-19-7-8-20-36(35)47(44)52;1-3-15-27(16-4-1)39-31-21-9-12-24-34(31)43-42(44-39)46-36-26-14-11-23-33(36)38-37-32-22-10-13-25-35(32)45(28-17-5-2-6-18-28)40(37)29-19-7-8-20-30(29)41(38)46/h2*1-30H;1-26H. The van der Waals surface area contributed by atoms with Crippen LogP contribution in [0.15, 0.2) is 522 Å². The quantitative estimate of drug-likeness (QED) is 0.128. The average Bonchev–Trinajstić information content (AvgIpc) is 1.53. The number of benzene rings is 23. The molecule has 0 N–H and O–H groups in total. The Morgan fingerprint density at radius 2 is 0.307 bits per heavy atom. The monoisotopic (exact) mass is 1910 g/mol. The molecular weight excluding hydrogens is 1830 g/mol. The molecule has 12 heteroatoms. The molecule has 0 unspecified atom stereocenters. The van der Waals surface area contributed by atoms with Crippen molar-refractivity contribution in [3.05, 3.63) is 522 Å². The third kappa shape index (κ3) is 13.4. The molecule has 0 radical (unpaired) electrons. The van der Waals surface area contributed by atoms with Crippen molar-refractivity contribution < 1.29 is 0 Å². The molecule has 0 aliphatic rings. The van der Waals surface area contributed by atoms with Gasteiger partial charge in [-0.2, -0.15) is 0 Å². The molecular formula is C138H86N12. The molecule has 32 rings (SSSR count). The Morgan fingerprint density at radius 1 is 0.120 bits per heavy atom. The number of nitrogens with zero attached hydrogens (tertiary/aromatic N) is 12. The number of hydrogen-bond acceptors (Lipinski definition) is 6. The van der Waals surface area contributed by atoms with E-state index >= 15 is 0 Å². The molecule has 0 bridgehead atoms. The molecule has 23 aromatic carbocycles. The van der Waals surface area contributed by atoms with E-state index in [-0.39, 0.29) is 0 Å². The minimum atomic E-state index is 0.654. The van der Waals surface area contributed by atoms with E-state index in [4.69, 9.17) is 29.9 Å². The van der Waals surface area contributed by atoms with Gasteiger partial charge in [0.1, 0.15) is 0 Å². The first-order valence-corrected chi connectivity index (χ1v) is 51.0. The van der Waals surface area contributed by atoms with Gasteiger partial charge < -0.3 is 13.7 Å². The van der Waals surface area contributed by atoms with Gasteiger partial charge >= 0.3 is 0 Å². The molecule has 698 valence electrons. The van der Waals surface area contributed by atoms with Crippen LogP contribution in [0.5, 0.6) is 0 Å². The van der Waals surface area contributed by atoms with E-state index < -0.39 is 0 Å². The maximum atomic E-state index is 5.50. The molecule has 0 spiro atoms. The van der Waals surface area contributed by atoms with Gasteiger partial charge in [0, 0.05) is 147 Å². The van der Waals surface area contributed by atoms with Crippen molar-refractivity contribution in [3.63, 3.8) is 0 Å². The fourth-order valence-electron chi connectivity index (χ4n) is 24.0. The maximum absolute atomic E-state index is 5.50. The summed E-state index contributed by atoms with van der Waals surface area (Å²) in [4.78, 5) is 32.2. The third-order valence-corrected chi connectivity index (χ3v) is 30.3. The molecule has 0 aliphatic heterocycles. The molecule has 0 atom stereocenters. The molecule has 12 nitrogen and oxygen atoms in total. The average molecular weight is 1910 g/mol. The van der Waals surface area contributed by atoms with E-state index in [2.05, 4.69) is 543 Å². The topological polar surface area (TPSA) is 107 Å². The number of hydrogen-bond donors (Lipinski definition) is 0. The van der Waals surface area contributed by atoms with Crippen molar-refractivity contribution in [2.24, 2.45) is 0 Å². The number of aromatic nitrogens is 12. The molecule has 150 heavy (non-hydrogen) atoms. The van der Waals surface area contributed by atoms with Crippen molar-refractivity contribution in [2.45, 2.75) is 0 Å². The zero-order chi connectivity index (χ0) is 98.5. The van der Waals surface area contributed by atoms with Gasteiger partial charge in [-0.15, -0.1) is 0 Å². The molecule has 0 saturated carbocycles. The zero-order valence-electron chi connectivity index (χ0n) is 81.0. The highest BCUT2D eigenvalue weighted by molar-refractivity contribution is 6.41. The van der Waals surface area contributed by atoms with Crippen LogP contribution in [0.1, 0.15) is 0 Å². The first kappa shape index (κ1) is 85.3. The molecule has 0 fully saturated rings. The van der Waals surface area contributed by atoms with Crippen LogP contribution in [0.4, 0.5) is 0 Å². The highest BCUT2D eigenvalue weighted by Crippen LogP contribution is 2.53. The second-order valence-corrected chi connectivity index (χ2v) is 38.5. The summed E-state index contributed by atoms with van der Waals surface area (Å²) in [5.41, 5.74) is 30.6. The first-order chi connectivity index (χ1) is 74.5. The van der Waals surface area contributed by atoms with Crippen molar-refractivity contribution in [3.8, 4) is 90.9 Å². The number of para-hydroxylation sites is 12. The summed E-state index contributed by atoms with van der Waals surface area (Å²) < 4.78 is 14.2. The summed E-state index contributed by atoms with van der Waals surface area (Å²) in [6.07, 6.45) is 0. The maximum Gasteiger partial charge on any atom is 0.235 e. The van der Waals surface area contributed by atoms with Gasteiger partial charge in [-0.1, -0.05) is 425 Å². The fourth-order valence-corrected chi connectivity index (χ4v) is 24.0. The Hall–Kier alpha value is -20.3. The molecule has 9 heterocycles. The predicted molar refractivity (Wildman–Crippen MR) is 624 cm³/mol. The summed E-state index contributed by atoms with van der Waals surface area (Å²) in [5.74, 6) is 1.98. The molecule has 32 aromatic rings. The van der Waals surface area contributed by atoms with Crippen molar-refractivity contribution in [1.29, 1.82) is 0 Å². The highest BCUT2D eigenvalue weighted by atomic mass is 15.2. The smallest absolute Gasteiger partial charge is 0.235 e. The lowest BCUT2D eigenvalue weighted by atomic mass is 9.99. The van der Waals surface area contributed by atoms with Gasteiger partial charge in [-0.05, 0) is 119 Å². The van der Waals surface area contributed by atoms with E-state index in [1.54, 1.807) is 0 Å². The second kappa shape index (κ2) is 34.7. The summed E-state index contributed by atoms with van der Waals surface area (Å²) in [7, 11) is 0. The van der Waals surface area contributed by atoms with Crippen LogP contribution in [-0.4, -0.2) is 57.3 Å². The first-order valence-electron chi connectivity index (χ1n) is 51.0. The summed E-state index contributed by atoms with van der Waals surface area (Å²) >= 11 is 0. The lowest BCUT2D eigenvalue weighted by Crippen LogP contribution is -2.04. The minimum absolute atomic E-state index is 0.654. The number of rotatable bonds is 11. The third-order valence-electron chi connectivity index (χ3n) is 30.3. The van der Waals surface area contributed by atoms with Gasteiger partial charge in [0.15, 0.2) is 0 Å². The molecule has 0 saturated heterocycles. The van der Waals surface area contributed by atoms with Gasteiger partial charge in [0.25, 0.3) is 0 Å². The Labute approximate surface area is 859 Å². The van der Waals surface area contributed by atoms with E-state index in [9.17, 15) is 0 Å². The van der Waals surface area contributed by atoms with Gasteiger partial charge in [0.05, 0.1) is 99.8 Å². The minimum Gasteiger partial charge on any atom is -0.309 e. The van der Waals surface area contributed by atoms with Gasteiger partial charge in [0.2, 0.25) is 17.8 Å². The van der Waals surface area contributed by atoms with Crippen molar-refractivity contribution in [2.75, 3.05) is 0 Å². The van der Waals surface area contributed by atoms with Crippen LogP contribution in [0.2, 0.25) is 0 Å². The van der Waals surface area contributed by atoms with E-state index in [1.807, 2.05) is 6.07 Å². The largest absolute Gasteiger partial charge is 0.309 e. The number of fused-ring (bicyclic) bond motifs is 33. The Bertz CT molecular complexity index is 11100. The van der Waals surface area contributed by atoms with Crippen molar-refractivity contribution in [1.82, 2.24) is 57.3 Å². The predicted octanol–water partition coefficient (Wildman–Crippen LogP) is 35.3. The van der Waals surface area contributed by atoms with Gasteiger partial charge in [-0.3, -0.25) is 13.7 Å². The molecule has 0 aliphatic carbocycles. The lowest BCUT2D eigenvalue weighted by molar-refractivity contribution is 1.02. The van der Waals surface area contributed by atoms with E-state index in [0.717, 1.165) is 133 Å². The van der Waals surface area contributed by atoms with E-state index in [1.165, 1.54) is 136 Å². The van der Waals surface area contributed by atoms with Gasteiger partial charge in [-0.25, -0.2) is 29.9 Å². The Morgan fingerprint density at radius 3 is 0.600 bits per heavy atom. The Kier molecular flexibility index (Phi) is 19.7. The lowest BCUT2D eigenvalue weighted by Gasteiger charge is -2.14. The normalized spacial score (nSPS) is 11.9. The van der Waals surface area contributed by atoms with Crippen LogP contribution in [0.25, 0.3) is 287 Å². The SMILES string of the molecule is c1ccc(-c2ccc(-c3nc(-n4c5ccccc5c5c6c7ccccc7n(-c7ccccc7)c6c6ccccc6c54)nc4ccccc34)cc2)cc1.c1ccc(-c2cccc(-c3nc(-n4c5ccccc5c5c6c7ccccc7n(-c7ccccc7)c6c6ccccc6c54)nc4ccccc34)c2)cc1.c1ccc(-c2nc(-n3c4ccccc4c4c5c6ccccc6n(-c6ccccc6)c5c5ccccc5c43)nc3ccccc23)cc1.